The molecule has 2 heterocycles. The normalized spacial score (nSPS) is 16.9. The van der Waals surface area contributed by atoms with Gasteiger partial charge in [0.05, 0.1) is 22.7 Å². The molecule has 180 valence electrons. The Bertz CT molecular complexity index is 1400. The van der Waals surface area contributed by atoms with E-state index in [4.69, 9.17) is 9.68 Å². The number of ether oxygens (including phenoxy) is 1. The van der Waals surface area contributed by atoms with Gasteiger partial charge in [0.15, 0.2) is 0 Å². The van der Waals surface area contributed by atoms with Crippen molar-refractivity contribution in [2.24, 2.45) is 0 Å². The maximum absolute atomic E-state index is 12.6. The second-order valence-corrected chi connectivity index (χ2v) is 9.45. The molecule has 3 aromatic rings. The van der Waals surface area contributed by atoms with Crippen LogP contribution in [0.2, 0.25) is 0 Å². The number of fused-ring (bicyclic) bond motifs is 1. The molecule has 1 saturated carbocycles. The Balaban J connectivity index is 1.26. The molecule has 0 saturated heterocycles. The number of hydrogen-bond acceptors (Lipinski definition) is 8. The summed E-state index contributed by atoms with van der Waals surface area (Å²) in [7, 11) is 0. The maximum atomic E-state index is 12.6. The fourth-order valence-electron chi connectivity index (χ4n) is 3.73. The third-order valence-electron chi connectivity index (χ3n) is 5.55. The summed E-state index contributed by atoms with van der Waals surface area (Å²) in [5, 5.41) is 20.3. The topological polar surface area (TPSA) is 114 Å². The first-order chi connectivity index (χ1) is 16.7. The van der Waals surface area contributed by atoms with Crippen LogP contribution in [0.4, 0.5) is 13.2 Å². The van der Waals surface area contributed by atoms with Crippen LogP contribution in [0.25, 0.3) is 15.8 Å². The molecule has 0 bridgehead atoms. The van der Waals surface area contributed by atoms with Gasteiger partial charge in [0.1, 0.15) is 22.7 Å². The average molecular weight is 501 g/mol. The van der Waals surface area contributed by atoms with Gasteiger partial charge in [-0.2, -0.15) is 5.26 Å². The average Bonchev–Trinajstić information content (AvgIpc) is 3.23. The van der Waals surface area contributed by atoms with Crippen LogP contribution in [0.3, 0.4) is 0 Å². The summed E-state index contributed by atoms with van der Waals surface area (Å²) < 4.78 is 48.2. The van der Waals surface area contributed by atoms with Crippen molar-refractivity contribution in [2.45, 2.75) is 50.4 Å². The molecule has 5 rings (SSSR count). The van der Waals surface area contributed by atoms with E-state index < -0.39 is 11.9 Å². The Hall–Kier alpha value is -3.72. The minimum atomic E-state index is -4.71. The van der Waals surface area contributed by atoms with Gasteiger partial charge in [0.25, 0.3) is 0 Å². The van der Waals surface area contributed by atoms with Gasteiger partial charge < -0.3 is 14.5 Å². The number of hydrogen-bond donors (Lipinski definition) is 1. The number of thiazole rings is 1. The number of nitriles is 1. The van der Waals surface area contributed by atoms with Crippen molar-refractivity contribution in [3.05, 3.63) is 58.5 Å². The van der Waals surface area contributed by atoms with Gasteiger partial charge in [-0.1, -0.05) is 12.1 Å². The largest absolute Gasteiger partial charge is 0.572 e. The van der Waals surface area contributed by atoms with Crippen molar-refractivity contribution in [1.82, 2.24) is 20.5 Å². The van der Waals surface area contributed by atoms with Gasteiger partial charge in [0.2, 0.25) is 17.7 Å². The molecule has 12 heteroatoms. The van der Waals surface area contributed by atoms with E-state index in [0.29, 0.717) is 35.7 Å². The summed E-state index contributed by atoms with van der Waals surface area (Å²) in [5.41, 5.74) is 1.42. The predicted molar refractivity (Wildman–Crippen MR) is 119 cm³/mol. The molecule has 2 aliphatic rings. The molecule has 1 fully saturated rings. The maximum Gasteiger partial charge on any atom is 0.572 e. The van der Waals surface area contributed by atoms with E-state index in [2.05, 4.69) is 31.3 Å². The Kier molecular flexibility index (Phi) is 5.80. The highest BCUT2D eigenvalue weighted by molar-refractivity contribution is 7.18. The first-order valence-electron chi connectivity index (χ1n) is 10.8. The molecule has 1 amide bonds. The van der Waals surface area contributed by atoms with Crippen molar-refractivity contribution >= 4 is 33.0 Å². The zero-order valence-corrected chi connectivity index (χ0v) is 19.0. The smallest absolute Gasteiger partial charge is 0.424 e. The Morgan fingerprint density at radius 3 is 2.83 bits per heavy atom. The van der Waals surface area contributed by atoms with Gasteiger partial charge in [-0.05, 0) is 48.6 Å². The van der Waals surface area contributed by atoms with Crippen LogP contribution in [0.1, 0.15) is 48.0 Å². The molecule has 1 aromatic carbocycles. The van der Waals surface area contributed by atoms with Crippen molar-refractivity contribution in [3.8, 4) is 6.07 Å². The zero-order valence-electron chi connectivity index (χ0n) is 18.2. The summed E-state index contributed by atoms with van der Waals surface area (Å²) in [6, 6.07) is 7.59. The SMILES string of the molecule is N#CC1(NC(=O)Cc2nnc(Cc3nc4ccc(C5=CCCC(OC(F)(F)F)=C5)cc4s3)o2)CC1. The molecule has 2 aromatic heterocycles. The highest BCUT2D eigenvalue weighted by Crippen LogP contribution is 2.35. The third kappa shape index (κ3) is 5.51. The lowest BCUT2D eigenvalue weighted by Gasteiger charge is -2.16. The lowest BCUT2D eigenvalue weighted by Crippen LogP contribution is -2.36. The van der Waals surface area contributed by atoms with Crippen LogP contribution in [-0.4, -0.2) is 33.0 Å². The van der Waals surface area contributed by atoms with E-state index in [1.807, 2.05) is 24.3 Å². The molecule has 1 N–H and O–H groups in total. The molecule has 0 radical (unpaired) electrons. The number of aromatic nitrogens is 3. The van der Waals surface area contributed by atoms with E-state index in [1.54, 1.807) is 0 Å². The summed E-state index contributed by atoms with van der Waals surface area (Å²) in [4.78, 5) is 16.7. The third-order valence-corrected chi connectivity index (χ3v) is 6.57. The number of benzene rings is 1. The summed E-state index contributed by atoms with van der Waals surface area (Å²) in [6.07, 6.45) is 0.682. The molecular formula is C23H18F3N5O3S. The van der Waals surface area contributed by atoms with Gasteiger partial charge in [-0.25, -0.2) is 4.98 Å². The van der Waals surface area contributed by atoms with E-state index in [0.717, 1.165) is 15.8 Å². The molecule has 8 nitrogen and oxygen atoms in total. The standard InChI is InChI=1S/C23H18F3N5O3S/c24-23(25,26)34-15-3-1-2-13(8-15)14-4-5-16-17(9-14)35-21(28-16)11-20-31-30-19(33-20)10-18(32)29-22(12-27)6-7-22/h2,4-5,8-9H,1,3,6-7,10-11H2,(H,29,32). The number of allylic oxidation sites excluding steroid dienone is 4. The molecule has 0 atom stereocenters. The fraction of sp³-hybridized carbons (Fsp3) is 0.348. The number of nitrogens with one attached hydrogen (secondary N) is 1. The summed E-state index contributed by atoms with van der Waals surface area (Å²) in [5.74, 6) is 0.00502. The minimum Gasteiger partial charge on any atom is -0.424 e. The van der Waals surface area contributed by atoms with Gasteiger partial charge in [-0.15, -0.1) is 34.7 Å². The molecule has 0 spiro atoms. The number of carbonyl (C=O) groups is 1. The Labute approximate surface area is 201 Å². The number of halogens is 3. The van der Waals surface area contributed by atoms with Crippen LogP contribution >= 0.6 is 11.3 Å². The molecular weight excluding hydrogens is 483 g/mol. The van der Waals surface area contributed by atoms with Crippen LogP contribution in [-0.2, 0) is 22.4 Å². The Morgan fingerprint density at radius 2 is 2.09 bits per heavy atom. The molecule has 0 unspecified atom stereocenters. The number of amides is 1. The number of rotatable bonds is 7. The molecule has 2 aliphatic carbocycles. The summed E-state index contributed by atoms with van der Waals surface area (Å²) in [6.45, 7) is 0. The lowest BCUT2D eigenvalue weighted by molar-refractivity contribution is -0.306. The van der Waals surface area contributed by atoms with Crippen molar-refractivity contribution in [1.29, 1.82) is 5.26 Å². The van der Waals surface area contributed by atoms with E-state index >= 15 is 0 Å². The summed E-state index contributed by atoms with van der Waals surface area (Å²) >= 11 is 1.41. The van der Waals surface area contributed by atoms with E-state index in [9.17, 15) is 18.0 Å². The van der Waals surface area contributed by atoms with E-state index in [1.165, 1.54) is 17.4 Å². The van der Waals surface area contributed by atoms with Crippen LogP contribution < -0.4 is 5.32 Å². The molecule has 35 heavy (non-hydrogen) atoms. The number of nitrogens with zero attached hydrogens (tertiary/aromatic N) is 4. The van der Waals surface area contributed by atoms with Gasteiger partial charge in [-0.3, -0.25) is 4.79 Å². The second kappa shape index (κ2) is 8.81. The highest BCUT2D eigenvalue weighted by Gasteiger charge is 2.44. The van der Waals surface area contributed by atoms with Crippen LogP contribution in [0.15, 0.2) is 40.5 Å². The van der Waals surface area contributed by atoms with Crippen LogP contribution in [0.5, 0.6) is 0 Å². The predicted octanol–water partition coefficient (Wildman–Crippen LogP) is 4.58. The number of alkyl halides is 3. The monoisotopic (exact) mass is 501 g/mol. The number of carbonyl (C=O) groups excluding carboxylic acids is 1. The minimum absolute atomic E-state index is 0.109. The fourth-order valence-corrected chi connectivity index (χ4v) is 4.73. The van der Waals surface area contributed by atoms with Crippen LogP contribution in [0, 0.1) is 11.3 Å². The van der Waals surface area contributed by atoms with Crippen molar-refractivity contribution < 1.29 is 27.1 Å². The zero-order chi connectivity index (χ0) is 24.6. The first kappa shape index (κ1) is 23.0. The van der Waals surface area contributed by atoms with Gasteiger partial charge in [0, 0.05) is 6.42 Å². The van der Waals surface area contributed by atoms with Gasteiger partial charge >= 0.3 is 6.36 Å². The Morgan fingerprint density at radius 1 is 1.29 bits per heavy atom. The lowest BCUT2D eigenvalue weighted by atomic mass is 9.98. The molecule has 0 aliphatic heterocycles. The van der Waals surface area contributed by atoms with Crippen molar-refractivity contribution in [3.63, 3.8) is 0 Å². The van der Waals surface area contributed by atoms with Crippen molar-refractivity contribution in [2.75, 3.05) is 0 Å². The highest BCUT2D eigenvalue weighted by atomic mass is 32.1. The first-order valence-corrected chi connectivity index (χ1v) is 11.6. The van der Waals surface area contributed by atoms with E-state index in [-0.39, 0.29) is 36.8 Å². The second-order valence-electron chi connectivity index (χ2n) is 8.33. The quantitative estimate of drug-likeness (QED) is 0.504.